The quantitative estimate of drug-likeness (QED) is 0.884. The van der Waals surface area contributed by atoms with Crippen LogP contribution in [0.15, 0.2) is 18.2 Å². The highest BCUT2D eigenvalue weighted by molar-refractivity contribution is 5.92. The van der Waals surface area contributed by atoms with Gasteiger partial charge in [-0.05, 0) is 24.5 Å². The van der Waals surface area contributed by atoms with E-state index in [-0.39, 0.29) is 11.9 Å². The van der Waals surface area contributed by atoms with Crippen LogP contribution in [0, 0.1) is 5.92 Å². The molecule has 1 aromatic heterocycles. The van der Waals surface area contributed by atoms with Crippen molar-refractivity contribution >= 4 is 5.91 Å². The second-order valence-corrected chi connectivity index (χ2v) is 5.37. The molecule has 1 fully saturated rings. The predicted octanol–water partition coefficient (Wildman–Crippen LogP) is 1.43. The van der Waals surface area contributed by atoms with Crippen molar-refractivity contribution in [1.29, 1.82) is 0 Å². The number of hydrogen-bond donors (Lipinski definition) is 1. The first kappa shape index (κ1) is 14.9. The lowest BCUT2D eigenvalue weighted by Gasteiger charge is -2.16. The van der Waals surface area contributed by atoms with E-state index >= 15 is 0 Å². The Morgan fingerprint density at radius 3 is 3.00 bits per heavy atom. The number of nitrogens with two attached hydrogens (primary N) is 1. The monoisotopic (exact) mass is 277 g/mol. The molecule has 0 aromatic carbocycles. The fraction of sp³-hybridized carbons (Fsp3) is 0.600. The molecule has 2 heterocycles. The number of carbonyl (C=O) groups is 1. The van der Waals surface area contributed by atoms with Gasteiger partial charge in [-0.15, -0.1) is 0 Å². The second kappa shape index (κ2) is 6.81. The molecular weight excluding hydrogens is 254 g/mol. The zero-order valence-corrected chi connectivity index (χ0v) is 12.2. The summed E-state index contributed by atoms with van der Waals surface area (Å²) in [4.78, 5) is 18.6. The molecule has 0 saturated carbocycles. The van der Waals surface area contributed by atoms with E-state index in [1.54, 1.807) is 13.2 Å². The lowest BCUT2D eigenvalue weighted by atomic mass is 9.99. The van der Waals surface area contributed by atoms with E-state index in [9.17, 15) is 4.79 Å². The van der Waals surface area contributed by atoms with Crippen LogP contribution in [0.2, 0.25) is 0 Å². The van der Waals surface area contributed by atoms with Gasteiger partial charge in [-0.2, -0.15) is 0 Å². The van der Waals surface area contributed by atoms with Gasteiger partial charge >= 0.3 is 0 Å². The Morgan fingerprint density at radius 1 is 1.50 bits per heavy atom. The van der Waals surface area contributed by atoms with Crippen molar-refractivity contribution in [3.8, 4) is 0 Å². The summed E-state index contributed by atoms with van der Waals surface area (Å²) in [5, 5.41) is 0. The summed E-state index contributed by atoms with van der Waals surface area (Å²) in [7, 11) is 1.62. The van der Waals surface area contributed by atoms with Crippen molar-refractivity contribution in [2.75, 3.05) is 20.2 Å². The highest BCUT2D eigenvalue weighted by Gasteiger charge is 2.33. The minimum Gasteiger partial charge on any atom is -0.378 e. The zero-order valence-electron chi connectivity index (χ0n) is 12.2. The number of pyridine rings is 1. The Hall–Kier alpha value is -1.46. The molecule has 2 N–H and O–H groups in total. The van der Waals surface area contributed by atoms with Gasteiger partial charge in [0, 0.05) is 26.2 Å². The van der Waals surface area contributed by atoms with E-state index in [1.165, 1.54) is 0 Å². The average molecular weight is 277 g/mol. The Kier molecular flexibility index (Phi) is 5.09. The molecule has 0 radical (unpaired) electrons. The highest BCUT2D eigenvalue weighted by atomic mass is 16.5. The van der Waals surface area contributed by atoms with E-state index in [1.807, 2.05) is 17.0 Å². The fourth-order valence-electron chi connectivity index (χ4n) is 2.73. The van der Waals surface area contributed by atoms with Crippen LogP contribution in [-0.2, 0) is 11.3 Å². The number of amides is 1. The second-order valence-electron chi connectivity index (χ2n) is 5.37. The first-order valence-electron chi connectivity index (χ1n) is 7.15. The summed E-state index contributed by atoms with van der Waals surface area (Å²) >= 11 is 0. The third kappa shape index (κ3) is 3.35. The number of aromatic nitrogens is 1. The smallest absolute Gasteiger partial charge is 0.272 e. The first-order valence-corrected chi connectivity index (χ1v) is 7.15. The molecule has 1 saturated heterocycles. The summed E-state index contributed by atoms with van der Waals surface area (Å²) in [5.74, 6) is 0.378. The number of likely N-dealkylation sites (tertiary alicyclic amines) is 1. The molecule has 2 atom stereocenters. The van der Waals surface area contributed by atoms with Gasteiger partial charge in [-0.3, -0.25) is 4.79 Å². The van der Waals surface area contributed by atoms with Crippen molar-refractivity contribution in [3.05, 3.63) is 29.6 Å². The number of rotatable bonds is 5. The zero-order chi connectivity index (χ0) is 14.5. The minimum absolute atomic E-state index is 0.0305. The van der Waals surface area contributed by atoms with Crippen LogP contribution in [0.3, 0.4) is 0 Å². The molecule has 1 amide bonds. The molecule has 0 aliphatic carbocycles. The Balaban J connectivity index is 2.06. The van der Waals surface area contributed by atoms with Gasteiger partial charge in [0.2, 0.25) is 0 Å². The molecule has 20 heavy (non-hydrogen) atoms. The molecular formula is C15H23N3O2. The molecule has 5 heteroatoms. The number of ether oxygens (including phenoxy) is 1. The topological polar surface area (TPSA) is 68.5 Å². The maximum Gasteiger partial charge on any atom is 0.272 e. The Labute approximate surface area is 120 Å². The van der Waals surface area contributed by atoms with Crippen molar-refractivity contribution in [1.82, 2.24) is 9.88 Å². The lowest BCUT2D eigenvalue weighted by Crippen LogP contribution is -2.32. The standard InChI is InChI=1S/C15H23N3O2/c1-3-5-11-8-18(9-13(11)16)15(19)14-7-4-6-12(17-14)10-20-2/h4,6-7,11,13H,3,5,8-10,16H2,1-2H3. The van der Waals surface area contributed by atoms with Gasteiger partial charge in [0.25, 0.3) is 5.91 Å². The highest BCUT2D eigenvalue weighted by Crippen LogP contribution is 2.21. The van der Waals surface area contributed by atoms with Crippen LogP contribution in [0.5, 0.6) is 0 Å². The van der Waals surface area contributed by atoms with Crippen LogP contribution in [0.1, 0.15) is 35.9 Å². The largest absolute Gasteiger partial charge is 0.378 e. The molecule has 5 nitrogen and oxygen atoms in total. The van der Waals surface area contributed by atoms with Gasteiger partial charge in [-0.1, -0.05) is 19.4 Å². The third-order valence-electron chi connectivity index (χ3n) is 3.76. The Morgan fingerprint density at radius 2 is 2.30 bits per heavy atom. The maximum absolute atomic E-state index is 12.5. The average Bonchev–Trinajstić information content (AvgIpc) is 2.81. The molecule has 110 valence electrons. The van der Waals surface area contributed by atoms with E-state index in [4.69, 9.17) is 10.5 Å². The van der Waals surface area contributed by atoms with Crippen molar-refractivity contribution < 1.29 is 9.53 Å². The number of carbonyl (C=O) groups excluding carboxylic acids is 1. The van der Waals surface area contributed by atoms with E-state index in [0.29, 0.717) is 24.8 Å². The lowest BCUT2D eigenvalue weighted by molar-refractivity contribution is 0.0778. The summed E-state index contributed by atoms with van der Waals surface area (Å²) < 4.78 is 5.05. The number of hydrogen-bond acceptors (Lipinski definition) is 4. The van der Waals surface area contributed by atoms with Gasteiger partial charge in [0.1, 0.15) is 5.69 Å². The van der Waals surface area contributed by atoms with Gasteiger partial charge in [-0.25, -0.2) is 4.98 Å². The molecule has 2 rings (SSSR count). The summed E-state index contributed by atoms with van der Waals surface area (Å²) in [6.07, 6.45) is 2.17. The van der Waals surface area contributed by atoms with E-state index in [2.05, 4.69) is 11.9 Å². The summed E-state index contributed by atoms with van der Waals surface area (Å²) in [6.45, 7) is 3.93. The molecule has 1 aliphatic rings. The van der Waals surface area contributed by atoms with Crippen molar-refractivity contribution in [2.24, 2.45) is 11.7 Å². The SMILES string of the molecule is CCCC1CN(C(=O)c2cccc(COC)n2)CC1N. The molecule has 0 spiro atoms. The molecule has 0 bridgehead atoms. The van der Waals surface area contributed by atoms with Crippen LogP contribution in [0.4, 0.5) is 0 Å². The molecule has 1 aromatic rings. The minimum atomic E-state index is -0.0305. The molecule has 2 unspecified atom stereocenters. The van der Waals surface area contributed by atoms with Gasteiger partial charge in [0.05, 0.1) is 12.3 Å². The third-order valence-corrected chi connectivity index (χ3v) is 3.76. The summed E-state index contributed by atoms with van der Waals surface area (Å²) in [6, 6.07) is 5.53. The van der Waals surface area contributed by atoms with Crippen LogP contribution >= 0.6 is 0 Å². The van der Waals surface area contributed by atoms with Crippen LogP contribution in [0.25, 0.3) is 0 Å². The van der Waals surface area contributed by atoms with Crippen molar-refractivity contribution in [3.63, 3.8) is 0 Å². The van der Waals surface area contributed by atoms with Gasteiger partial charge < -0.3 is 15.4 Å². The number of methoxy groups -OCH3 is 1. The van der Waals surface area contributed by atoms with Gasteiger partial charge in [0.15, 0.2) is 0 Å². The maximum atomic E-state index is 12.5. The van der Waals surface area contributed by atoms with Crippen LogP contribution < -0.4 is 5.73 Å². The fourth-order valence-corrected chi connectivity index (χ4v) is 2.73. The summed E-state index contributed by atoms with van der Waals surface area (Å²) in [5.41, 5.74) is 7.36. The van der Waals surface area contributed by atoms with E-state index < -0.39 is 0 Å². The van der Waals surface area contributed by atoms with Crippen LogP contribution in [-0.4, -0.2) is 42.0 Å². The first-order chi connectivity index (χ1) is 9.65. The van der Waals surface area contributed by atoms with E-state index in [0.717, 1.165) is 25.1 Å². The molecule has 1 aliphatic heterocycles. The number of nitrogens with zero attached hydrogens (tertiary/aromatic N) is 2. The van der Waals surface area contributed by atoms with Crippen molar-refractivity contribution in [2.45, 2.75) is 32.4 Å². The predicted molar refractivity (Wildman–Crippen MR) is 77.2 cm³/mol. The Bertz CT molecular complexity index is 464. The normalized spacial score (nSPS) is 22.2.